The molecule has 0 bridgehead atoms. The Kier molecular flexibility index (Phi) is 7.95. The Balaban J connectivity index is 1.04. The second-order valence-corrected chi connectivity index (χ2v) is 10.7. The van der Waals surface area contributed by atoms with Gasteiger partial charge in [-0.15, -0.1) is 4.74 Å². The number of amides is 1. The van der Waals surface area contributed by atoms with Gasteiger partial charge in [0.25, 0.3) is 5.91 Å². The zero-order valence-electron chi connectivity index (χ0n) is 23.7. The lowest BCUT2D eigenvalue weighted by Crippen LogP contribution is -2.34. The van der Waals surface area contributed by atoms with Gasteiger partial charge in [-0.1, -0.05) is 54.6 Å². The van der Waals surface area contributed by atoms with Gasteiger partial charge >= 0.3 is 11.4 Å². The van der Waals surface area contributed by atoms with Gasteiger partial charge < -0.3 is 19.3 Å². The van der Waals surface area contributed by atoms with Gasteiger partial charge in [-0.05, 0) is 83.1 Å². The summed E-state index contributed by atoms with van der Waals surface area (Å²) in [5, 5.41) is 3.08. The summed E-state index contributed by atoms with van der Waals surface area (Å²) in [6.07, 6.45) is 0.886. The van der Waals surface area contributed by atoms with Crippen LogP contribution < -0.4 is 26.2 Å². The molecule has 9 nitrogen and oxygen atoms in total. The molecule has 1 amide bonds. The number of aryl methyl sites for hydroxylation is 1. The molecule has 1 aliphatic rings. The summed E-state index contributed by atoms with van der Waals surface area (Å²) in [5.41, 5.74) is 6.11. The molecule has 5 aromatic rings. The van der Waals surface area contributed by atoms with Crippen LogP contribution in [0.3, 0.4) is 0 Å². The monoisotopic (exact) mass is 577 g/mol. The van der Waals surface area contributed by atoms with Crippen molar-refractivity contribution in [1.82, 2.24) is 15.0 Å². The number of H-pyrrole nitrogens is 1. The minimum absolute atomic E-state index is 0.0913. The Morgan fingerprint density at radius 3 is 2.60 bits per heavy atom. The molecule has 1 aromatic heterocycles. The van der Waals surface area contributed by atoms with E-state index in [1.807, 2.05) is 85.8 Å². The van der Waals surface area contributed by atoms with Crippen molar-refractivity contribution in [2.75, 3.05) is 13.2 Å². The van der Waals surface area contributed by atoms with Crippen molar-refractivity contribution < 1.29 is 18.8 Å². The van der Waals surface area contributed by atoms with Gasteiger partial charge in [-0.3, -0.25) is 4.79 Å². The molecule has 0 saturated carbocycles. The van der Waals surface area contributed by atoms with Crippen molar-refractivity contribution in [3.05, 3.63) is 140 Å². The number of para-hydroxylation sites is 1. The maximum absolute atomic E-state index is 12.9. The van der Waals surface area contributed by atoms with Gasteiger partial charge in [0.15, 0.2) is 0 Å². The summed E-state index contributed by atoms with van der Waals surface area (Å²) in [4.78, 5) is 37.8. The molecule has 43 heavy (non-hydrogen) atoms. The van der Waals surface area contributed by atoms with E-state index in [1.54, 1.807) is 0 Å². The van der Waals surface area contributed by atoms with E-state index in [-0.39, 0.29) is 18.4 Å². The topological polar surface area (TPSA) is 116 Å². The van der Waals surface area contributed by atoms with Crippen molar-refractivity contribution in [3.63, 3.8) is 0 Å². The first-order valence-electron chi connectivity index (χ1n) is 14.1. The lowest BCUT2D eigenvalue weighted by molar-refractivity contribution is 0.0939. The van der Waals surface area contributed by atoms with E-state index in [0.717, 1.165) is 44.7 Å². The molecule has 1 atom stereocenters. The highest BCUT2D eigenvalue weighted by Gasteiger charge is 2.20. The number of carbonyl (C=O) groups excluding carboxylic acids is 1. The minimum atomic E-state index is -0.781. The summed E-state index contributed by atoms with van der Waals surface area (Å²) < 4.78 is 17.6. The van der Waals surface area contributed by atoms with E-state index in [1.165, 1.54) is 5.56 Å². The lowest BCUT2D eigenvalue weighted by Gasteiger charge is -2.25. The maximum Gasteiger partial charge on any atom is 0.440 e. The third-order valence-electron chi connectivity index (χ3n) is 7.52. The largest absolute Gasteiger partial charge is 0.493 e. The number of carbonyl (C=O) groups is 1. The normalized spacial score (nSPS) is 14.0. The molecule has 218 valence electrons. The van der Waals surface area contributed by atoms with Crippen molar-refractivity contribution in [1.29, 1.82) is 0 Å². The van der Waals surface area contributed by atoms with Crippen molar-refractivity contribution >= 4 is 5.91 Å². The van der Waals surface area contributed by atoms with Crippen LogP contribution in [0.4, 0.5) is 0 Å². The van der Waals surface area contributed by atoms with Crippen molar-refractivity contribution in [2.45, 2.75) is 26.5 Å². The average Bonchev–Trinajstić information content (AvgIpc) is 3.35. The highest BCUT2D eigenvalue weighted by atomic mass is 16.5. The first-order valence-corrected chi connectivity index (χ1v) is 14.1. The highest BCUT2D eigenvalue weighted by Crippen LogP contribution is 2.28. The molecule has 0 spiro atoms. The van der Waals surface area contributed by atoms with Crippen LogP contribution >= 0.6 is 0 Å². The summed E-state index contributed by atoms with van der Waals surface area (Å²) in [7, 11) is 0. The number of rotatable bonds is 9. The second-order valence-electron chi connectivity index (χ2n) is 10.7. The number of fused-ring (bicyclic) bond motifs is 1. The van der Waals surface area contributed by atoms with Gasteiger partial charge in [0.2, 0.25) is 0 Å². The highest BCUT2D eigenvalue weighted by molar-refractivity contribution is 5.95. The van der Waals surface area contributed by atoms with Crippen LogP contribution in [0.25, 0.3) is 11.1 Å². The third-order valence-corrected chi connectivity index (χ3v) is 7.52. The number of aromatic nitrogens is 2. The Labute approximate surface area is 247 Å². The molecule has 0 saturated heterocycles. The van der Waals surface area contributed by atoms with Crippen LogP contribution in [0.15, 0.2) is 105 Å². The maximum atomic E-state index is 12.9. The second kappa shape index (κ2) is 12.3. The van der Waals surface area contributed by atoms with Gasteiger partial charge in [0.05, 0.1) is 13.2 Å². The van der Waals surface area contributed by atoms with E-state index < -0.39 is 11.4 Å². The van der Waals surface area contributed by atoms with Crippen LogP contribution in [0, 0.1) is 12.8 Å². The molecule has 2 heterocycles. The number of hydrogen-bond acceptors (Lipinski definition) is 6. The van der Waals surface area contributed by atoms with E-state index in [4.69, 9.17) is 14.0 Å². The summed E-state index contributed by atoms with van der Waals surface area (Å²) in [6.45, 7) is 3.68. The fraction of sp³-hybridized carbons (Fsp3) is 0.206. The third kappa shape index (κ3) is 6.62. The quantitative estimate of drug-likeness (QED) is 0.262. The van der Waals surface area contributed by atoms with E-state index in [9.17, 15) is 14.4 Å². The molecule has 4 aromatic carbocycles. The van der Waals surface area contributed by atoms with Crippen molar-refractivity contribution in [3.8, 4) is 22.6 Å². The fourth-order valence-corrected chi connectivity index (χ4v) is 5.26. The fourth-order valence-electron chi connectivity index (χ4n) is 5.26. The van der Waals surface area contributed by atoms with E-state index >= 15 is 0 Å². The lowest BCUT2D eigenvalue weighted by atomic mass is 9.96. The van der Waals surface area contributed by atoms with E-state index in [2.05, 4.69) is 22.4 Å². The number of nitrogens with zero attached hydrogens (tertiary/aromatic N) is 1. The van der Waals surface area contributed by atoms with E-state index in [0.29, 0.717) is 31.1 Å². The van der Waals surface area contributed by atoms with Crippen molar-refractivity contribution in [2.24, 2.45) is 5.92 Å². The van der Waals surface area contributed by atoms with Crippen LogP contribution in [0.1, 0.15) is 32.6 Å². The first kappa shape index (κ1) is 27.8. The smallest absolute Gasteiger partial charge is 0.440 e. The number of ether oxygens (including phenoxy) is 2. The van der Waals surface area contributed by atoms with Gasteiger partial charge in [0.1, 0.15) is 18.1 Å². The predicted octanol–water partition coefficient (Wildman–Crippen LogP) is 4.71. The standard InChI is InChI=1S/C34H31N3O6/c1-22-15-28(32(38)35-18-25-17-27-6-2-3-8-31(27)42-21-25)11-14-30(22)26-7-4-5-24(16-26)20-41-29-12-9-23(10-13-29)19-37-33(39)36-34(40)43-37/h2-16,25H,17-21H2,1H3,(H,35,38)(H,36,39,40). The summed E-state index contributed by atoms with van der Waals surface area (Å²) in [6, 6.07) is 29.2. The van der Waals surface area contributed by atoms with Crippen LogP contribution in [0.5, 0.6) is 11.5 Å². The van der Waals surface area contributed by atoms with Gasteiger partial charge in [-0.2, -0.15) is 0 Å². The number of aromatic amines is 1. The Hall–Kier alpha value is -5.31. The molecule has 2 N–H and O–H groups in total. The van der Waals surface area contributed by atoms with Gasteiger partial charge in [-0.25, -0.2) is 14.6 Å². The Morgan fingerprint density at radius 2 is 1.81 bits per heavy atom. The molecule has 6 rings (SSSR count). The Bertz CT molecular complexity index is 1870. The van der Waals surface area contributed by atoms with Crippen LogP contribution in [-0.2, 0) is 19.6 Å². The molecule has 0 radical (unpaired) electrons. The summed E-state index contributed by atoms with van der Waals surface area (Å²) in [5.74, 6) is 0.973. The SMILES string of the molecule is Cc1cc(C(=O)NCC2COc3ccccc3C2)ccc1-c1cccc(COc2ccc(Cn3oc(=O)[nH]c3=O)cc2)c1. The first-order chi connectivity index (χ1) is 20.9. The van der Waals surface area contributed by atoms with Gasteiger partial charge in [0, 0.05) is 18.0 Å². The number of hydrogen-bond donors (Lipinski definition) is 2. The molecule has 0 fully saturated rings. The summed E-state index contributed by atoms with van der Waals surface area (Å²) >= 11 is 0. The number of nitrogens with one attached hydrogen (secondary N) is 2. The Morgan fingerprint density at radius 1 is 0.977 bits per heavy atom. The molecule has 1 aliphatic heterocycles. The predicted molar refractivity (Wildman–Crippen MR) is 162 cm³/mol. The zero-order valence-corrected chi connectivity index (χ0v) is 23.7. The molecule has 1 unspecified atom stereocenters. The molecule has 9 heteroatoms. The van der Waals surface area contributed by atoms with Crippen LogP contribution in [0.2, 0.25) is 0 Å². The molecular weight excluding hydrogens is 546 g/mol. The number of benzene rings is 4. The average molecular weight is 578 g/mol. The van der Waals surface area contributed by atoms with Crippen LogP contribution in [-0.4, -0.2) is 28.8 Å². The molecule has 0 aliphatic carbocycles. The minimum Gasteiger partial charge on any atom is -0.493 e. The zero-order chi connectivity index (χ0) is 29.8. The molecular formula is C34H31N3O6.